The summed E-state index contributed by atoms with van der Waals surface area (Å²) in [5.41, 5.74) is 6.98. The summed E-state index contributed by atoms with van der Waals surface area (Å²) in [6.45, 7) is 0. The first kappa shape index (κ1) is 16.5. The second-order valence-corrected chi connectivity index (χ2v) is 5.50. The van der Waals surface area contributed by atoms with E-state index >= 15 is 0 Å². The normalized spacial score (nSPS) is 10.2. The highest BCUT2D eigenvalue weighted by Crippen LogP contribution is 2.21. The first-order valence-corrected chi connectivity index (χ1v) is 6.46. The molecule has 0 atom stereocenters. The molecule has 0 unspecified atom stereocenters. The molecule has 0 saturated heterocycles. The predicted molar refractivity (Wildman–Crippen MR) is 81.5 cm³/mol. The molecule has 1 nitrogen and oxygen atoms in total. The number of quaternary nitrogens is 1. The molecule has 0 amide bonds. The Morgan fingerprint density at radius 2 is 1.20 bits per heavy atom. The van der Waals surface area contributed by atoms with Gasteiger partial charge in [0, 0.05) is 5.57 Å². The van der Waals surface area contributed by atoms with Gasteiger partial charge in [0.15, 0.2) is 0 Å². The van der Waals surface area contributed by atoms with Crippen LogP contribution in [0.25, 0.3) is 5.57 Å². The van der Waals surface area contributed by atoms with Gasteiger partial charge >= 0.3 is 0 Å². The lowest BCUT2D eigenvalue weighted by atomic mass is 9.99. The molecule has 2 aromatic rings. The summed E-state index contributed by atoms with van der Waals surface area (Å²) < 4.78 is 0.753. The van der Waals surface area contributed by atoms with E-state index in [-0.39, 0.29) is 17.0 Å². The fourth-order valence-electron chi connectivity index (χ4n) is 1.80. The van der Waals surface area contributed by atoms with Crippen LogP contribution in [0.2, 0.25) is 0 Å². The van der Waals surface area contributed by atoms with Gasteiger partial charge < -0.3 is 17.0 Å². The van der Waals surface area contributed by atoms with E-state index in [4.69, 9.17) is 0 Å². The van der Waals surface area contributed by atoms with Crippen molar-refractivity contribution in [2.75, 3.05) is 21.1 Å². The lowest BCUT2D eigenvalue weighted by molar-refractivity contribution is -0.817. The molecule has 0 radical (unpaired) electrons. The Morgan fingerprint density at radius 3 is 1.55 bits per heavy atom. The Balaban J connectivity index is 0.00000200. The second kappa shape index (κ2) is 7.25. The van der Waals surface area contributed by atoms with E-state index in [2.05, 4.69) is 81.6 Å². The van der Waals surface area contributed by atoms with Gasteiger partial charge in [-0.1, -0.05) is 66.4 Å². The molecule has 0 spiro atoms. The van der Waals surface area contributed by atoms with Gasteiger partial charge in [-0.2, -0.15) is 0 Å². The highest BCUT2D eigenvalue weighted by atomic mass is 79.9. The molecule has 0 aliphatic carbocycles. The van der Waals surface area contributed by atoms with Crippen molar-refractivity contribution >= 4 is 5.57 Å². The number of rotatable bonds is 3. The number of hydrogen-bond acceptors (Lipinski definition) is 0. The molecule has 20 heavy (non-hydrogen) atoms. The zero-order valence-electron chi connectivity index (χ0n) is 12.2. The van der Waals surface area contributed by atoms with Gasteiger partial charge in [0.2, 0.25) is 0 Å². The number of benzene rings is 2. The summed E-state index contributed by atoms with van der Waals surface area (Å²) in [6, 6.07) is 20.8. The Labute approximate surface area is 132 Å². The quantitative estimate of drug-likeness (QED) is 0.581. The van der Waals surface area contributed by atoms with Crippen molar-refractivity contribution in [2.45, 2.75) is 0 Å². The third-order valence-corrected chi connectivity index (χ3v) is 2.72. The van der Waals surface area contributed by atoms with Crippen LogP contribution in [-0.2, 0) is 0 Å². The maximum atomic E-state index is 3.46. The van der Waals surface area contributed by atoms with Gasteiger partial charge in [0.1, 0.15) is 6.20 Å². The van der Waals surface area contributed by atoms with Crippen molar-refractivity contribution in [1.82, 2.24) is 0 Å². The van der Waals surface area contributed by atoms with Crippen LogP contribution in [0, 0.1) is 0 Å². The summed E-state index contributed by atoms with van der Waals surface area (Å²) in [4.78, 5) is 0. The minimum Gasteiger partial charge on any atom is -1.00 e. The maximum absolute atomic E-state index is 3.46. The van der Waals surface area contributed by atoms with Crippen LogP contribution < -0.4 is 17.0 Å². The van der Waals surface area contributed by atoms with Crippen LogP contribution in [0.4, 0.5) is 0 Å². The minimum absolute atomic E-state index is 0. The SMILES string of the molecule is C[N+](C)(C)C=C=C(c1ccccc1)c1ccccc1.[Br-]. The summed E-state index contributed by atoms with van der Waals surface area (Å²) in [6.07, 6.45) is 2.08. The lowest BCUT2D eigenvalue weighted by Gasteiger charge is -2.16. The van der Waals surface area contributed by atoms with E-state index in [1.165, 1.54) is 11.1 Å². The predicted octanol–water partition coefficient (Wildman–Crippen LogP) is 0.941. The van der Waals surface area contributed by atoms with Crippen LogP contribution in [0.5, 0.6) is 0 Å². The van der Waals surface area contributed by atoms with Gasteiger partial charge in [0.05, 0.1) is 21.1 Å². The van der Waals surface area contributed by atoms with E-state index < -0.39 is 0 Å². The topological polar surface area (TPSA) is 0 Å². The van der Waals surface area contributed by atoms with Crippen LogP contribution in [0.1, 0.15) is 11.1 Å². The summed E-state index contributed by atoms with van der Waals surface area (Å²) in [5, 5.41) is 0. The number of hydrogen-bond donors (Lipinski definition) is 0. The molecule has 2 aromatic carbocycles. The van der Waals surface area contributed by atoms with E-state index in [0.29, 0.717) is 0 Å². The molecule has 0 aromatic heterocycles. The average molecular weight is 330 g/mol. The Morgan fingerprint density at radius 1 is 0.800 bits per heavy atom. The van der Waals surface area contributed by atoms with Crippen LogP contribution >= 0.6 is 0 Å². The average Bonchev–Trinajstić information content (AvgIpc) is 2.40. The first-order valence-electron chi connectivity index (χ1n) is 6.46. The molecule has 0 aliphatic heterocycles. The van der Waals surface area contributed by atoms with Gasteiger partial charge in [-0.15, -0.1) is 0 Å². The van der Waals surface area contributed by atoms with Crippen molar-refractivity contribution in [3.8, 4) is 0 Å². The molecule has 0 fully saturated rings. The Hall–Kier alpha value is -1.60. The molecule has 0 saturated carbocycles. The molecule has 0 aliphatic rings. The highest BCUT2D eigenvalue weighted by molar-refractivity contribution is 5.79. The van der Waals surface area contributed by atoms with Crippen molar-refractivity contribution in [3.63, 3.8) is 0 Å². The maximum Gasteiger partial charge on any atom is 0.139 e. The van der Waals surface area contributed by atoms with E-state index in [0.717, 1.165) is 10.1 Å². The van der Waals surface area contributed by atoms with E-state index in [1.807, 2.05) is 12.1 Å². The van der Waals surface area contributed by atoms with Crippen molar-refractivity contribution in [1.29, 1.82) is 0 Å². The number of nitrogens with zero attached hydrogens (tertiary/aromatic N) is 1. The van der Waals surface area contributed by atoms with Gasteiger partial charge in [-0.05, 0) is 11.1 Å². The molecular weight excluding hydrogens is 310 g/mol. The molecule has 2 rings (SSSR count). The molecule has 0 N–H and O–H groups in total. The van der Waals surface area contributed by atoms with Gasteiger partial charge in [-0.3, -0.25) is 4.48 Å². The summed E-state index contributed by atoms with van der Waals surface area (Å²) in [5.74, 6) is 0. The fraction of sp³-hybridized carbons (Fsp3) is 0.167. The zero-order valence-corrected chi connectivity index (χ0v) is 13.8. The monoisotopic (exact) mass is 329 g/mol. The standard InChI is InChI=1S/C18H20N.BrH/c1-19(2,3)15-14-18(16-10-6-4-7-11-16)17-12-8-5-9-13-17;/h4-13,15H,1-3H3;1H/q+1;/p-1. The van der Waals surface area contributed by atoms with Crippen molar-refractivity contribution < 1.29 is 21.5 Å². The highest BCUT2D eigenvalue weighted by Gasteiger charge is 2.05. The Kier molecular flexibility index (Phi) is 5.97. The second-order valence-electron chi connectivity index (χ2n) is 5.50. The van der Waals surface area contributed by atoms with Gasteiger partial charge in [0.25, 0.3) is 0 Å². The van der Waals surface area contributed by atoms with Gasteiger partial charge in [-0.25, -0.2) is 0 Å². The molecule has 2 heteroatoms. The minimum atomic E-state index is 0. The lowest BCUT2D eigenvalue weighted by Crippen LogP contribution is -3.00. The largest absolute Gasteiger partial charge is 1.00 e. The molecular formula is C18H20BrN. The van der Waals surface area contributed by atoms with E-state index in [1.54, 1.807) is 0 Å². The Bertz CT molecular complexity index is 547. The molecule has 0 heterocycles. The van der Waals surface area contributed by atoms with Crippen LogP contribution in [0.15, 0.2) is 72.6 Å². The third-order valence-electron chi connectivity index (χ3n) is 2.72. The fourth-order valence-corrected chi connectivity index (χ4v) is 1.80. The van der Waals surface area contributed by atoms with Crippen molar-refractivity contribution in [2.24, 2.45) is 0 Å². The molecule has 104 valence electrons. The summed E-state index contributed by atoms with van der Waals surface area (Å²) >= 11 is 0. The number of halogens is 1. The molecule has 0 bridgehead atoms. The summed E-state index contributed by atoms with van der Waals surface area (Å²) in [7, 11) is 6.38. The van der Waals surface area contributed by atoms with E-state index in [9.17, 15) is 0 Å². The van der Waals surface area contributed by atoms with Crippen LogP contribution in [0.3, 0.4) is 0 Å². The first-order chi connectivity index (χ1) is 9.06. The third kappa shape index (κ3) is 4.82. The smallest absolute Gasteiger partial charge is 0.139 e. The zero-order chi connectivity index (χ0) is 13.7. The van der Waals surface area contributed by atoms with Crippen molar-refractivity contribution in [3.05, 3.63) is 83.7 Å². The van der Waals surface area contributed by atoms with Crippen LogP contribution in [-0.4, -0.2) is 25.6 Å².